The van der Waals surface area contributed by atoms with Crippen LogP contribution in [0.15, 0.2) is 40.1 Å². The lowest BCUT2D eigenvalue weighted by atomic mass is 10.3. The number of nitrogens with zero attached hydrogens (tertiary/aromatic N) is 2. The molecule has 1 aromatic carbocycles. The summed E-state index contributed by atoms with van der Waals surface area (Å²) >= 11 is 1.45. The van der Waals surface area contributed by atoms with Crippen molar-refractivity contribution in [3.63, 3.8) is 0 Å². The van der Waals surface area contributed by atoms with Crippen LogP contribution in [0.4, 0.5) is 10.1 Å². The summed E-state index contributed by atoms with van der Waals surface area (Å²) in [6.07, 6.45) is 0. The molecule has 0 aliphatic rings. The summed E-state index contributed by atoms with van der Waals surface area (Å²) in [5.41, 5.74) is 8.65. The zero-order valence-corrected chi connectivity index (χ0v) is 8.54. The lowest BCUT2D eigenvalue weighted by Crippen LogP contribution is -2.12. The van der Waals surface area contributed by atoms with Crippen molar-refractivity contribution in [1.29, 1.82) is 0 Å². The third-order valence-electron chi connectivity index (χ3n) is 1.77. The maximum absolute atomic E-state index is 12.6. The molecular formula is C10H8FN3S. The van der Waals surface area contributed by atoms with E-state index in [-0.39, 0.29) is 5.82 Å². The Kier molecular flexibility index (Phi) is 2.73. The molecule has 0 amide bonds. The number of aliphatic imine (C=N–C) groups is 1. The number of halogens is 1. The zero-order chi connectivity index (χ0) is 10.7. The van der Waals surface area contributed by atoms with Crippen molar-refractivity contribution >= 4 is 22.9 Å². The van der Waals surface area contributed by atoms with Crippen molar-refractivity contribution in [2.24, 2.45) is 10.7 Å². The second kappa shape index (κ2) is 4.18. The van der Waals surface area contributed by atoms with Crippen LogP contribution in [0.1, 0.15) is 5.69 Å². The average molecular weight is 221 g/mol. The van der Waals surface area contributed by atoms with Gasteiger partial charge in [0.15, 0.2) is 5.84 Å². The molecule has 0 aliphatic heterocycles. The van der Waals surface area contributed by atoms with E-state index in [0.717, 1.165) is 0 Å². The lowest BCUT2D eigenvalue weighted by Gasteiger charge is -1.96. The van der Waals surface area contributed by atoms with Gasteiger partial charge in [-0.2, -0.15) is 0 Å². The van der Waals surface area contributed by atoms with Crippen molar-refractivity contribution in [3.05, 3.63) is 46.7 Å². The van der Waals surface area contributed by atoms with E-state index < -0.39 is 0 Å². The summed E-state index contributed by atoms with van der Waals surface area (Å²) in [5, 5.41) is 1.81. The van der Waals surface area contributed by atoms with Gasteiger partial charge in [0, 0.05) is 5.38 Å². The number of nitrogens with two attached hydrogens (primary N) is 1. The summed E-state index contributed by atoms with van der Waals surface area (Å²) in [6, 6.07) is 5.81. The highest BCUT2D eigenvalue weighted by atomic mass is 32.1. The first-order valence-electron chi connectivity index (χ1n) is 4.24. The quantitative estimate of drug-likeness (QED) is 0.625. The van der Waals surface area contributed by atoms with Gasteiger partial charge in [-0.15, -0.1) is 11.3 Å². The second-order valence-electron chi connectivity index (χ2n) is 2.85. The minimum Gasteiger partial charge on any atom is -0.382 e. The smallest absolute Gasteiger partial charge is 0.150 e. The van der Waals surface area contributed by atoms with Crippen molar-refractivity contribution in [1.82, 2.24) is 4.98 Å². The van der Waals surface area contributed by atoms with Gasteiger partial charge >= 0.3 is 0 Å². The number of hydrogen-bond donors (Lipinski definition) is 1. The van der Waals surface area contributed by atoms with Gasteiger partial charge in [0.2, 0.25) is 0 Å². The molecule has 0 saturated carbocycles. The third-order valence-corrected chi connectivity index (χ3v) is 2.36. The number of hydrogen-bond acceptors (Lipinski definition) is 3. The molecule has 5 heteroatoms. The van der Waals surface area contributed by atoms with Crippen LogP contribution in [0.25, 0.3) is 0 Å². The van der Waals surface area contributed by atoms with Gasteiger partial charge in [0.05, 0.1) is 11.2 Å². The first-order valence-corrected chi connectivity index (χ1v) is 5.18. The Morgan fingerprint density at radius 3 is 2.67 bits per heavy atom. The molecule has 0 atom stereocenters. The van der Waals surface area contributed by atoms with Gasteiger partial charge in [-0.05, 0) is 24.3 Å². The summed E-state index contributed by atoms with van der Waals surface area (Å²) < 4.78 is 12.6. The zero-order valence-electron chi connectivity index (χ0n) is 7.72. The molecule has 0 radical (unpaired) electrons. The molecule has 76 valence electrons. The molecule has 1 aromatic heterocycles. The Morgan fingerprint density at radius 1 is 1.33 bits per heavy atom. The van der Waals surface area contributed by atoms with E-state index in [1.54, 1.807) is 17.6 Å². The fourth-order valence-electron chi connectivity index (χ4n) is 1.05. The van der Waals surface area contributed by atoms with E-state index in [1.807, 2.05) is 5.38 Å². The maximum atomic E-state index is 12.6. The summed E-state index contributed by atoms with van der Waals surface area (Å²) in [4.78, 5) is 8.13. The van der Waals surface area contributed by atoms with Gasteiger partial charge in [-0.1, -0.05) is 0 Å². The normalized spacial score (nSPS) is 11.7. The predicted octanol–water partition coefficient (Wildman–Crippen LogP) is 2.32. The van der Waals surface area contributed by atoms with Crippen LogP contribution < -0.4 is 5.73 Å². The van der Waals surface area contributed by atoms with Gasteiger partial charge in [0.25, 0.3) is 0 Å². The van der Waals surface area contributed by atoms with Gasteiger partial charge in [-0.3, -0.25) is 0 Å². The van der Waals surface area contributed by atoms with Crippen LogP contribution in [0, 0.1) is 5.82 Å². The van der Waals surface area contributed by atoms with E-state index >= 15 is 0 Å². The van der Waals surface area contributed by atoms with Crippen LogP contribution in [0.3, 0.4) is 0 Å². The molecule has 0 spiro atoms. The number of rotatable bonds is 2. The Bertz CT molecular complexity index is 462. The lowest BCUT2D eigenvalue weighted by molar-refractivity contribution is 0.628. The molecule has 2 N–H and O–H groups in total. The highest BCUT2D eigenvalue weighted by Gasteiger charge is 2.00. The molecule has 0 aliphatic carbocycles. The van der Waals surface area contributed by atoms with Gasteiger partial charge < -0.3 is 5.73 Å². The topological polar surface area (TPSA) is 51.3 Å². The Balaban J connectivity index is 2.27. The predicted molar refractivity (Wildman–Crippen MR) is 58.9 cm³/mol. The fraction of sp³-hybridized carbons (Fsp3) is 0. The summed E-state index contributed by atoms with van der Waals surface area (Å²) in [5.74, 6) is 0.0454. The standard InChI is InChI=1S/C10H8FN3S/c11-7-1-3-8(4-2-7)14-10(12)9-5-15-6-13-9/h1-6H,(H2,12,14). The minimum atomic E-state index is -0.291. The summed E-state index contributed by atoms with van der Waals surface area (Å²) in [7, 11) is 0. The van der Waals surface area contributed by atoms with Crippen LogP contribution in [0.5, 0.6) is 0 Å². The Labute approximate surface area is 90.1 Å². The monoisotopic (exact) mass is 221 g/mol. The van der Waals surface area contributed by atoms with Crippen molar-refractivity contribution < 1.29 is 4.39 Å². The SMILES string of the molecule is NC(=Nc1ccc(F)cc1)c1cscn1. The van der Waals surface area contributed by atoms with Crippen LogP contribution in [-0.2, 0) is 0 Å². The molecule has 0 saturated heterocycles. The molecular weight excluding hydrogens is 213 g/mol. The molecule has 15 heavy (non-hydrogen) atoms. The van der Waals surface area contributed by atoms with Crippen molar-refractivity contribution in [2.75, 3.05) is 0 Å². The van der Waals surface area contributed by atoms with E-state index in [4.69, 9.17) is 5.73 Å². The Hall–Kier alpha value is -1.75. The van der Waals surface area contributed by atoms with Crippen LogP contribution >= 0.6 is 11.3 Å². The van der Waals surface area contributed by atoms with Crippen molar-refractivity contribution in [3.8, 4) is 0 Å². The largest absolute Gasteiger partial charge is 0.382 e. The first-order chi connectivity index (χ1) is 7.25. The maximum Gasteiger partial charge on any atom is 0.150 e. The minimum absolute atomic E-state index is 0.291. The highest BCUT2D eigenvalue weighted by Crippen LogP contribution is 2.13. The molecule has 1 heterocycles. The number of aromatic nitrogens is 1. The number of benzene rings is 1. The Morgan fingerprint density at radius 2 is 2.07 bits per heavy atom. The van der Waals surface area contributed by atoms with E-state index in [2.05, 4.69) is 9.98 Å². The highest BCUT2D eigenvalue weighted by molar-refractivity contribution is 7.07. The van der Waals surface area contributed by atoms with E-state index in [1.165, 1.54) is 23.5 Å². The first kappa shape index (κ1) is 9.79. The third kappa shape index (κ3) is 2.38. The number of amidine groups is 1. The molecule has 0 fully saturated rings. The molecule has 2 aromatic rings. The van der Waals surface area contributed by atoms with Crippen LogP contribution in [0.2, 0.25) is 0 Å². The fourth-order valence-corrected chi connectivity index (χ4v) is 1.60. The van der Waals surface area contributed by atoms with Crippen LogP contribution in [-0.4, -0.2) is 10.8 Å². The molecule has 0 bridgehead atoms. The van der Waals surface area contributed by atoms with E-state index in [9.17, 15) is 4.39 Å². The van der Waals surface area contributed by atoms with Gasteiger partial charge in [0.1, 0.15) is 11.5 Å². The molecule has 2 rings (SSSR count). The van der Waals surface area contributed by atoms with E-state index in [0.29, 0.717) is 17.2 Å². The van der Waals surface area contributed by atoms with Gasteiger partial charge in [-0.25, -0.2) is 14.4 Å². The number of thiazole rings is 1. The van der Waals surface area contributed by atoms with Crippen molar-refractivity contribution in [2.45, 2.75) is 0 Å². The second-order valence-corrected chi connectivity index (χ2v) is 3.57. The molecule has 0 unspecified atom stereocenters. The summed E-state index contributed by atoms with van der Waals surface area (Å²) in [6.45, 7) is 0. The molecule has 3 nitrogen and oxygen atoms in total. The average Bonchev–Trinajstić information content (AvgIpc) is 2.74.